The number of aromatic nitrogens is 4. The lowest BCUT2D eigenvalue weighted by atomic mass is 9.98. The van der Waals surface area contributed by atoms with E-state index in [1.54, 1.807) is 0 Å². The Morgan fingerprint density at radius 3 is 1.65 bits per heavy atom. The lowest BCUT2D eigenvalue weighted by molar-refractivity contribution is 1.07. The first-order valence-corrected chi connectivity index (χ1v) is 20.7. The molecule has 6 heteroatoms. The molecule has 4 heterocycles. The third kappa shape index (κ3) is 5.15. The third-order valence-corrected chi connectivity index (χ3v) is 13.4. The fourth-order valence-corrected chi connectivity index (χ4v) is 10.8. The van der Waals surface area contributed by atoms with Gasteiger partial charge >= 0.3 is 0 Å². The van der Waals surface area contributed by atoms with Crippen LogP contribution in [0.2, 0.25) is 0 Å². The highest BCUT2D eigenvalue weighted by Crippen LogP contribution is 2.45. The molecular weight excluding hydrogens is 733 g/mol. The third-order valence-electron chi connectivity index (χ3n) is 11.1. The van der Waals surface area contributed by atoms with Crippen LogP contribution in [0.1, 0.15) is 0 Å². The summed E-state index contributed by atoms with van der Waals surface area (Å²) in [5, 5.41) is 7.58. The van der Waals surface area contributed by atoms with Gasteiger partial charge in [-0.15, -0.1) is 22.7 Å². The van der Waals surface area contributed by atoms with Crippen molar-refractivity contribution in [1.29, 1.82) is 0 Å². The zero-order chi connectivity index (χ0) is 37.5. The zero-order valence-electron chi connectivity index (χ0n) is 30.4. The molecular formula is C51H30N4S2. The summed E-state index contributed by atoms with van der Waals surface area (Å²) in [5.74, 6) is 1.99. The monoisotopic (exact) mass is 762 g/mol. The molecule has 12 rings (SSSR count). The topological polar surface area (TPSA) is 43.6 Å². The zero-order valence-corrected chi connectivity index (χ0v) is 32.1. The Balaban J connectivity index is 0.989. The predicted octanol–water partition coefficient (Wildman–Crippen LogP) is 14.4. The number of fused-ring (bicyclic) bond motifs is 9. The van der Waals surface area contributed by atoms with Gasteiger partial charge in [-0.05, 0) is 59.7 Å². The maximum absolute atomic E-state index is 5.01. The number of para-hydroxylation sites is 2. The summed E-state index contributed by atoms with van der Waals surface area (Å²) in [6, 6.07) is 64.9. The van der Waals surface area contributed by atoms with Crippen molar-refractivity contribution in [2.24, 2.45) is 0 Å². The molecule has 8 aromatic carbocycles. The number of hydrogen-bond donors (Lipinski definition) is 0. The van der Waals surface area contributed by atoms with Crippen molar-refractivity contribution in [3.05, 3.63) is 182 Å². The number of thiophene rings is 2. The van der Waals surface area contributed by atoms with Crippen LogP contribution in [0.15, 0.2) is 182 Å². The fourth-order valence-electron chi connectivity index (χ4n) is 8.45. The average molecular weight is 763 g/mol. The predicted molar refractivity (Wildman–Crippen MR) is 242 cm³/mol. The van der Waals surface area contributed by atoms with Crippen LogP contribution < -0.4 is 0 Å². The van der Waals surface area contributed by atoms with E-state index in [-0.39, 0.29) is 0 Å². The highest BCUT2D eigenvalue weighted by atomic mass is 32.1. The molecule has 4 nitrogen and oxygen atoms in total. The number of nitrogens with zero attached hydrogens (tertiary/aromatic N) is 4. The minimum Gasteiger partial charge on any atom is -0.308 e. The molecule has 0 spiro atoms. The summed E-state index contributed by atoms with van der Waals surface area (Å²) in [4.78, 5) is 14.9. The summed E-state index contributed by atoms with van der Waals surface area (Å²) in [7, 11) is 0. The molecule has 0 radical (unpaired) electrons. The van der Waals surface area contributed by atoms with Crippen molar-refractivity contribution in [1.82, 2.24) is 19.5 Å². The Kier molecular flexibility index (Phi) is 7.24. The van der Waals surface area contributed by atoms with Gasteiger partial charge in [0.25, 0.3) is 0 Å². The van der Waals surface area contributed by atoms with Crippen LogP contribution in [0.3, 0.4) is 0 Å². The van der Waals surface area contributed by atoms with Gasteiger partial charge in [0, 0.05) is 63.1 Å². The van der Waals surface area contributed by atoms with E-state index in [2.05, 4.69) is 126 Å². The molecule has 0 atom stereocenters. The molecule has 0 saturated carbocycles. The van der Waals surface area contributed by atoms with Crippen LogP contribution in [0.4, 0.5) is 0 Å². The van der Waals surface area contributed by atoms with E-state index in [0.717, 1.165) is 16.7 Å². The summed E-state index contributed by atoms with van der Waals surface area (Å²) >= 11 is 3.72. The molecule has 0 aliphatic carbocycles. The second-order valence-corrected chi connectivity index (χ2v) is 16.5. The van der Waals surface area contributed by atoms with Gasteiger partial charge in [-0.3, -0.25) is 0 Å². The lowest BCUT2D eigenvalue weighted by Gasteiger charge is -2.10. The van der Waals surface area contributed by atoms with Crippen molar-refractivity contribution in [2.45, 2.75) is 0 Å². The van der Waals surface area contributed by atoms with E-state index in [1.165, 1.54) is 79.0 Å². The normalized spacial score (nSPS) is 11.9. The Labute approximate surface area is 335 Å². The van der Waals surface area contributed by atoms with E-state index in [9.17, 15) is 0 Å². The fraction of sp³-hybridized carbons (Fsp3) is 0. The van der Waals surface area contributed by atoms with E-state index < -0.39 is 0 Å². The molecule has 0 aliphatic rings. The molecule has 0 saturated heterocycles. The first kappa shape index (κ1) is 32.3. The first-order chi connectivity index (χ1) is 28.2. The lowest BCUT2D eigenvalue weighted by Crippen LogP contribution is -2.00. The van der Waals surface area contributed by atoms with Crippen molar-refractivity contribution in [3.8, 4) is 51.0 Å². The highest BCUT2D eigenvalue weighted by molar-refractivity contribution is 7.26. The van der Waals surface area contributed by atoms with Gasteiger partial charge in [0.2, 0.25) is 0 Å². The minimum atomic E-state index is 0.664. The van der Waals surface area contributed by atoms with Crippen LogP contribution in [0.25, 0.3) is 113 Å². The number of benzene rings is 8. The minimum absolute atomic E-state index is 0.664. The molecule has 0 aliphatic heterocycles. The van der Waals surface area contributed by atoms with Crippen molar-refractivity contribution >= 4 is 84.8 Å². The van der Waals surface area contributed by atoms with E-state index in [1.807, 2.05) is 83.3 Å². The maximum Gasteiger partial charge on any atom is 0.164 e. The van der Waals surface area contributed by atoms with Crippen LogP contribution in [0, 0.1) is 0 Å². The Bertz CT molecular complexity index is 3410. The smallest absolute Gasteiger partial charge is 0.164 e. The summed E-state index contributed by atoms with van der Waals surface area (Å²) in [5.41, 5.74) is 9.05. The largest absolute Gasteiger partial charge is 0.308 e. The first-order valence-electron chi connectivity index (χ1n) is 19.0. The molecule has 0 bridgehead atoms. The standard InChI is InChI=1S/C51H30N4S2/c1-3-13-31(14-4-1)49-52-50(32-15-5-2-6-16-32)54-51(53-49)34-26-28-44-40(29-34)38-27-25-33(30-46(38)56-44)35-19-12-24-45-47(35)39-20-11-23-43(48(39)57-45)55-41-21-9-7-17-36(41)37-18-8-10-22-42(37)55/h1-30H. The summed E-state index contributed by atoms with van der Waals surface area (Å²) in [6.45, 7) is 0. The van der Waals surface area contributed by atoms with Gasteiger partial charge in [-0.1, -0.05) is 133 Å². The van der Waals surface area contributed by atoms with Crippen LogP contribution in [0.5, 0.6) is 0 Å². The van der Waals surface area contributed by atoms with Crippen molar-refractivity contribution in [2.75, 3.05) is 0 Å². The van der Waals surface area contributed by atoms with Crippen molar-refractivity contribution in [3.63, 3.8) is 0 Å². The van der Waals surface area contributed by atoms with E-state index >= 15 is 0 Å². The molecule has 0 amide bonds. The second kappa shape index (κ2) is 12.8. The molecule has 266 valence electrons. The van der Waals surface area contributed by atoms with Crippen LogP contribution >= 0.6 is 22.7 Å². The van der Waals surface area contributed by atoms with Gasteiger partial charge in [0.05, 0.1) is 21.4 Å². The van der Waals surface area contributed by atoms with Crippen molar-refractivity contribution < 1.29 is 0 Å². The average Bonchev–Trinajstić information content (AvgIpc) is 3.96. The molecule has 57 heavy (non-hydrogen) atoms. The van der Waals surface area contributed by atoms with Gasteiger partial charge in [0.1, 0.15) is 0 Å². The Morgan fingerprint density at radius 2 is 0.947 bits per heavy atom. The van der Waals surface area contributed by atoms with Crippen LogP contribution in [-0.2, 0) is 0 Å². The second-order valence-electron chi connectivity index (χ2n) is 14.4. The maximum atomic E-state index is 5.01. The quantitative estimate of drug-likeness (QED) is 0.175. The summed E-state index contributed by atoms with van der Waals surface area (Å²) in [6.07, 6.45) is 0. The van der Waals surface area contributed by atoms with E-state index in [4.69, 9.17) is 15.0 Å². The number of hydrogen-bond acceptors (Lipinski definition) is 5. The molecule has 0 unspecified atom stereocenters. The molecule has 0 fully saturated rings. The van der Waals surface area contributed by atoms with E-state index in [0.29, 0.717) is 17.5 Å². The molecule has 0 N–H and O–H groups in total. The number of rotatable bonds is 5. The van der Waals surface area contributed by atoms with Crippen LogP contribution in [-0.4, -0.2) is 19.5 Å². The Morgan fingerprint density at radius 1 is 0.351 bits per heavy atom. The van der Waals surface area contributed by atoms with Gasteiger partial charge < -0.3 is 4.57 Å². The molecule has 4 aromatic heterocycles. The molecule has 12 aromatic rings. The SMILES string of the molecule is c1ccc(-c2nc(-c3ccccc3)nc(-c3ccc4sc5cc(-c6cccc7sc8c(-n9c%10ccccc%10c%10ccccc%109)cccc8c67)ccc5c4c3)n2)cc1. The van der Waals surface area contributed by atoms with Gasteiger partial charge in [-0.2, -0.15) is 0 Å². The Hall–Kier alpha value is -6.99. The summed E-state index contributed by atoms with van der Waals surface area (Å²) < 4.78 is 7.53. The highest BCUT2D eigenvalue weighted by Gasteiger charge is 2.19. The van der Waals surface area contributed by atoms with Gasteiger partial charge in [-0.25, -0.2) is 15.0 Å². The van der Waals surface area contributed by atoms with Gasteiger partial charge in [0.15, 0.2) is 17.5 Å².